The van der Waals surface area contributed by atoms with E-state index in [1.54, 1.807) is 0 Å². The third kappa shape index (κ3) is 3.22. The Morgan fingerprint density at radius 3 is 2.38 bits per heavy atom. The monoisotopic (exact) mass is 427 g/mol. The molecule has 1 amide bonds. The molecule has 3 heterocycles. The number of nitrogens with one attached hydrogen (secondary N) is 1. The molecule has 2 aliphatic rings. The standard InChI is InChI=1S/C24H17N3O5/c28-23(22-15-5-1-3-7-17(15)31-18-8-4-2-6-16(18)22)25-24-27-26-21(32-24)12-14-9-10-19-20(11-14)30-13-29-19/h1-11,22H,12-13H2,(H,25,27,28). The van der Waals surface area contributed by atoms with E-state index in [0.717, 1.165) is 16.7 Å². The maximum absolute atomic E-state index is 13.3. The molecular formula is C24H17N3O5. The molecule has 8 heteroatoms. The predicted octanol–water partition coefficient (Wildman–Crippen LogP) is 4.27. The topological polar surface area (TPSA) is 95.7 Å². The van der Waals surface area contributed by atoms with Crippen molar-refractivity contribution in [1.82, 2.24) is 10.2 Å². The highest BCUT2D eigenvalue weighted by atomic mass is 16.7. The van der Waals surface area contributed by atoms with Gasteiger partial charge >= 0.3 is 6.01 Å². The number of aromatic nitrogens is 2. The van der Waals surface area contributed by atoms with Crippen LogP contribution in [-0.2, 0) is 11.2 Å². The molecule has 6 rings (SSSR count). The molecule has 1 N–H and O–H groups in total. The fourth-order valence-corrected chi connectivity index (χ4v) is 3.97. The summed E-state index contributed by atoms with van der Waals surface area (Å²) in [5.41, 5.74) is 2.50. The number of anilines is 1. The number of hydrogen-bond donors (Lipinski definition) is 1. The van der Waals surface area contributed by atoms with Crippen LogP contribution < -0.4 is 19.5 Å². The lowest BCUT2D eigenvalue weighted by Gasteiger charge is -2.26. The van der Waals surface area contributed by atoms with Gasteiger partial charge in [0.05, 0.1) is 12.3 Å². The van der Waals surface area contributed by atoms with Crippen LogP contribution in [0.1, 0.15) is 28.5 Å². The molecule has 0 saturated carbocycles. The molecule has 32 heavy (non-hydrogen) atoms. The smallest absolute Gasteiger partial charge is 0.322 e. The quantitative estimate of drug-likeness (QED) is 0.520. The Labute approximate surface area is 182 Å². The first-order valence-electron chi connectivity index (χ1n) is 10.1. The van der Waals surface area contributed by atoms with E-state index in [4.69, 9.17) is 18.6 Å². The van der Waals surface area contributed by atoms with Gasteiger partial charge in [-0.1, -0.05) is 47.6 Å². The van der Waals surface area contributed by atoms with Gasteiger partial charge in [-0.05, 0) is 29.8 Å². The van der Waals surface area contributed by atoms with Gasteiger partial charge in [0.25, 0.3) is 0 Å². The minimum absolute atomic E-state index is 0.0483. The van der Waals surface area contributed by atoms with E-state index in [1.165, 1.54) is 0 Å². The number of benzene rings is 3. The fraction of sp³-hybridized carbons (Fsp3) is 0.125. The van der Waals surface area contributed by atoms with Gasteiger partial charge in [0, 0.05) is 11.1 Å². The summed E-state index contributed by atoms with van der Waals surface area (Å²) < 4.78 is 22.4. The Hall–Kier alpha value is -4.33. The molecule has 0 fully saturated rings. The molecule has 8 nitrogen and oxygen atoms in total. The molecule has 0 atom stereocenters. The highest BCUT2D eigenvalue weighted by Gasteiger charge is 2.33. The number of carbonyl (C=O) groups is 1. The van der Waals surface area contributed by atoms with Gasteiger partial charge in [-0.2, -0.15) is 0 Å². The Kier molecular flexibility index (Phi) is 4.28. The SMILES string of the molecule is O=C(Nc1nnc(Cc2ccc3c(c2)OCO3)o1)C1c2ccccc2Oc2ccccc21. The van der Waals surface area contributed by atoms with Crippen molar-refractivity contribution < 1.29 is 23.4 Å². The molecule has 158 valence electrons. The van der Waals surface area contributed by atoms with Crippen molar-refractivity contribution in [3.8, 4) is 23.0 Å². The lowest BCUT2D eigenvalue weighted by molar-refractivity contribution is -0.117. The van der Waals surface area contributed by atoms with Crippen LogP contribution in [0.15, 0.2) is 71.1 Å². The van der Waals surface area contributed by atoms with Crippen molar-refractivity contribution >= 4 is 11.9 Å². The third-order valence-electron chi connectivity index (χ3n) is 5.43. The lowest BCUT2D eigenvalue weighted by atomic mass is 9.87. The van der Waals surface area contributed by atoms with Crippen molar-refractivity contribution in [3.63, 3.8) is 0 Å². The number of ether oxygens (including phenoxy) is 3. The van der Waals surface area contributed by atoms with E-state index >= 15 is 0 Å². The molecule has 0 bridgehead atoms. The Morgan fingerprint density at radius 2 is 1.59 bits per heavy atom. The second kappa shape index (κ2) is 7.42. The largest absolute Gasteiger partial charge is 0.457 e. The van der Waals surface area contributed by atoms with Crippen LogP contribution in [0.2, 0.25) is 0 Å². The summed E-state index contributed by atoms with van der Waals surface area (Å²) in [4.78, 5) is 13.3. The van der Waals surface area contributed by atoms with Gasteiger partial charge in [-0.3, -0.25) is 10.1 Å². The van der Waals surface area contributed by atoms with E-state index in [0.29, 0.717) is 35.3 Å². The van der Waals surface area contributed by atoms with Crippen LogP contribution in [0.25, 0.3) is 0 Å². The van der Waals surface area contributed by atoms with Crippen molar-refractivity contribution in [1.29, 1.82) is 0 Å². The van der Waals surface area contributed by atoms with Crippen LogP contribution in [0.5, 0.6) is 23.0 Å². The summed E-state index contributed by atoms with van der Waals surface area (Å²) in [6, 6.07) is 20.7. The summed E-state index contributed by atoms with van der Waals surface area (Å²) in [6.07, 6.45) is 0.405. The zero-order valence-electron chi connectivity index (χ0n) is 16.8. The van der Waals surface area contributed by atoms with E-state index in [-0.39, 0.29) is 18.7 Å². The molecular weight excluding hydrogens is 410 g/mol. The van der Waals surface area contributed by atoms with E-state index in [2.05, 4.69) is 15.5 Å². The van der Waals surface area contributed by atoms with Crippen molar-refractivity contribution in [2.75, 3.05) is 12.1 Å². The van der Waals surface area contributed by atoms with Gasteiger partial charge in [-0.25, -0.2) is 0 Å². The van der Waals surface area contributed by atoms with Crippen molar-refractivity contribution in [3.05, 3.63) is 89.3 Å². The first kappa shape index (κ1) is 18.4. The normalized spacial score (nSPS) is 13.8. The van der Waals surface area contributed by atoms with Crippen LogP contribution in [0.4, 0.5) is 6.01 Å². The van der Waals surface area contributed by atoms with Gasteiger partial charge < -0.3 is 18.6 Å². The average Bonchev–Trinajstić information content (AvgIpc) is 3.46. The molecule has 3 aromatic carbocycles. The second-order valence-corrected chi connectivity index (χ2v) is 7.47. The summed E-state index contributed by atoms with van der Waals surface area (Å²) >= 11 is 0. The maximum Gasteiger partial charge on any atom is 0.322 e. The summed E-state index contributed by atoms with van der Waals surface area (Å²) in [6.45, 7) is 0.216. The minimum atomic E-state index is -0.555. The summed E-state index contributed by atoms with van der Waals surface area (Å²) in [5.74, 6) is 2.26. The fourth-order valence-electron chi connectivity index (χ4n) is 3.97. The van der Waals surface area contributed by atoms with Crippen molar-refractivity contribution in [2.24, 2.45) is 0 Å². The van der Waals surface area contributed by atoms with E-state index < -0.39 is 5.92 Å². The van der Waals surface area contributed by atoms with Crippen LogP contribution in [0.3, 0.4) is 0 Å². The second-order valence-electron chi connectivity index (χ2n) is 7.47. The number of fused-ring (bicyclic) bond motifs is 3. The molecule has 0 radical (unpaired) electrons. The predicted molar refractivity (Wildman–Crippen MR) is 113 cm³/mol. The Balaban J connectivity index is 1.23. The molecule has 4 aromatic rings. The number of amides is 1. The minimum Gasteiger partial charge on any atom is -0.457 e. The zero-order chi connectivity index (χ0) is 21.5. The lowest BCUT2D eigenvalue weighted by Crippen LogP contribution is -2.25. The summed E-state index contributed by atoms with van der Waals surface area (Å²) in [5, 5.41) is 10.8. The molecule has 0 saturated heterocycles. The first-order chi connectivity index (χ1) is 15.7. The van der Waals surface area contributed by atoms with Gasteiger partial charge in [0.15, 0.2) is 11.5 Å². The highest BCUT2D eigenvalue weighted by molar-refractivity contribution is 5.98. The average molecular weight is 427 g/mol. The van der Waals surface area contributed by atoms with Gasteiger partial charge in [0.1, 0.15) is 11.5 Å². The summed E-state index contributed by atoms with van der Waals surface area (Å²) in [7, 11) is 0. The Bertz CT molecular complexity index is 1290. The van der Waals surface area contributed by atoms with Gasteiger partial charge in [0.2, 0.25) is 18.6 Å². The highest BCUT2D eigenvalue weighted by Crippen LogP contribution is 2.44. The molecule has 0 spiro atoms. The molecule has 0 unspecified atom stereocenters. The molecule has 0 aliphatic carbocycles. The molecule has 1 aromatic heterocycles. The molecule has 2 aliphatic heterocycles. The van der Waals surface area contributed by atoms with Crippen LogP contribution in [-0.4, -0.2) is 22.9 Å². The maximum atomic E-state index is 13.3. The van der Waals surface area contributed by atoms with Crippen molar-refractivity contribution in [2.45, 2.75) is 12.3 Å². The van der Waals surface area contributed by atoms with Crippen LogP contribution >= 0.6 is 0 Å². The third-order valence-corrected chi connectivity index (χ3v) is 5.43. The Morgan fingerprint density at radius 1 is 0.875 bits per heavy atom. The number of carbonyl (C=O) groups excluding carboxylic acids is 1. The van der Waals surface area contributed by atoms with E-state index in [9.17, 15) is 4.79 Å². The number of para-hydroxylation sites is 2. The first-order valence-corrected chi connectivity index (χ1v) is 10.1. The number of rotatable bonds is 4. The number of hydrogen-bond acceptors (Lipinski definition) is 7. The van der Waals surface area contributed by atoms with Gasteiger partial charge in [-0.15, -0.1) is 5.10 Å². The van der Waals surface area contributed by atoms with Crippen LogP contribution in [0, 0.1) is 0 Å². The number of nitrogens with zero attached hydrogens (tertiary/aromatic N) is 2. The van der Waals surface area contributed by atoms with E-state index in [1.807, 2.05) is 66.7 Å². The zero-order valence-corrected chi connectivity index (χ0v) is 16.8.